The van der Waals surface area contributed by atoms with Crippen LogP contribution in [0.25, 0.3) is 0 Å². The summed E-state index contributed by atoms with van der Waals surface area (Å²) in [7, 11) is 0. The summed E-state index contributed by atoms with van der Waals surface area (Å²) in [6.45, 7) is 0. The Balaban J connectivity index is 2.16. The number of nitriles is 1. The molecule has 0 atom stereocenters. The van der Waals surface area contributed by atoms with E-state index in [1.165, 1.54) is 42.1 Å². The number of rotatable bonds is 3. The quantitative estimate of drug-likeness (QED) is 0.686. The van der Waals surface area contributed by atoms with Crippen LogP contribution >= 0.6 is 11.8 Å². The summed E-state index contributed by atoms with van der Waals surface area (Å²) in [6.07, 6.45) is 0. The van der Waals surface area contributed by atoms with Crippen LogP contribution in [0.3, 0.4) is 0 Å². The maximum Gasteiger partial charge on any atom is 0.147 e. The number of benzene rings is 2. The van der Waals surface area contributed by atoms with Crippen molar-refractivity contribution in [2.75, 3.05) is 5.73 Å². The smallest absolute Gasteiger partial charge is 0.147 e. The number of thioether (sulfide) groups is 1. The SMILES string of the molecule is N#Cc1ccc(F)cc1CSc1ccc(N)c(F)c1. The monoisotopic (exact) mass is 276 g/mol. The van der Waals surface area contributed by atoms with Crippen molar-refractivity contribution in [3.63, 3.8) is 0 Å². The van der Waals surface area contributed by atoms with Gasteiger partial charge in [-0.2, -0.15) is 5.26 Å². The molecular weight excluding hydrogens is 266 g/mol. The van der Waals surface area contributed by atoms with E-state index in [1.807, 2.05) is 6.07 Å². The first-order chi connectivity index (χ1) is 9.10. The zero-order valence-corrected chi connectivity index (χ0v) is 10.7. The zero-order valence-electron chi connectivity index (χ0n) is 9.86. The molecule has 0 radical (unpaired) electrons. The zero-order chi connectivity index (χ0) is 13.8. The number of hydrogen-bond donors (Lipinski definition) is 1. The second kappa shape index (κ2) is 5.72. The van der Waals surface area contributed by atoms with Crippen LogP contribution in [0.5, 0.6) is 0 Å². The van der Waals surface area contributed by atoms with E-state index in [2.05, 4.69) is 0 Å². The average Bonchev–Trinajstić information content (AvgIpc) is 2.40. The lowest BCUT2D eigenvalue weighted by Crippen LogP contribution is -1.91. The molecule has 0 aliphatic carbocycles. The lowest BCUT2D eigenvalue weighted by Gasteiger charge is -2.05. The molecule has 0 saturated carbocycles. The normalized spacial score (nSPS) is 10.2. The standard InChI is InChI=1S/C14H10F2N2S/c15-11-2-1-9(7-17)10(5-11)8-19-12-3-4-14(18)13(16)6-12/h1-6H,8,18H2. The molecule has 0 aliphatic heterocycles. The third kappa shape index (κ3) is 3.24. The van der Waals surface area contributed by atoms with Crippen LogP contribution in [0.15, 0.2) is 41.3 Å². The molecule has 2 N–H and O–H groups in total. The van der Waals surface area contributed by atoms with Gasteiger partial charge < -0.3 is 5.73 Å². The van der Waals surface area contributed by atoms with Gasteiger partial charge in [-0.3, -0.25) is 0 Å². The lowest BCUT2D eigenvalue weighted by molar-refractivity contribution is 0.626. The van der Waals surface area contributed by atoms with E-state index in [1.54, 1.807) is 6.07 Å². The summed E-state index contributed by atoms with van der Waals surface area (Å²) < 4.78 is 26.4. The molecule has 0 saturated heterocycles. The van der Waals surface area contributed by atoms with Crippen molar-refractivity contribution >= 4 is 17.4 Å². The van der Waals surface area contributed by atoms with Gasteiger partial charge in [0.1, 0.15) is 11.6 Å². The summed E-state index contributed by atoms with van der Waals surface area (Å²) >= 11 is 1.32. The number of nitrogen functional groups attached to an aromatic ring is 1. The van der Waals surface area contributed by atoms with E-state index in [0.717, 1.165) is 0 Å². The first-order valence-electron chi connectivity index (χ1n) is 5.46. The molecule has 2 rings (SSSR count). The van der Waals surface area contributed by atoms with E-state index in [-0.39, 0.29) is 5.69 Å². The lowest BCUT2D eigenvalue weighted by atomic mass is 10.1. The Morgan fingerprint density at radius 2 is 1.95 bits per heavy atom. The van der Waals surface area contributed by atoms with Crippen LogP contribution in [-0.2, 0) is 5.75 Å². The third-order valence-electron chi connectivity index (χ3n) is 2.55. The van der Waals surface area contributed by atoms with Crippen molar-refractivity contribution in [3.8, 4) is 6.07 Å². The maximum atomic E-state index is 13.3. The second-order valence-electron chi connectivity index (χ2n) is 3.89. The summed E-state index contributed by atoms with van der Waals surface area (Å²) in [4.78, 5) is 0.680. The molecule has 2 aromatic carbocycles. The number of nitrogens with zero attached hydrogens (tertiary/aromatic N) is 1. The highest BCUT2D eigenvalue weighted by Gasteiger charge is 2.06. The molecule has 0 amide bonds. The summed E-state index contributed by atoms with van der Waals surface area (Å²) in [6, 6.07) is 10.5. The van der Waals surface area contributed by atoms with Gasteiger partial charge in [-0.25, -0.2) is 8.78 Å². The van der Waals surface area contributed by atoms with Crippen molar-refractivity contribution in [1.29, 1.82) is 5.26 Å². The van der Waals surface area contributed by atoms with E-state index in [0.29, 0.717) is 21.8 Å². The maximum absolute atomic E-state index is 13.3. The summed E-state index contributed by atoms with van der Waals surface area (Å²) in [5, 5.41) is 8.93. The average molecular weight is 276 g/mol. The fraction of sp³-hybridized carbons (Fsp3) is 0.0714. The van der Waals surface area contributed by atoms with Crippen molar-refractivity contribution < 1.29 is 8.78 Å². The Labute approximate surface area is 113 Å². The largest absolute Gasteiger partial charge is 0.396 e. The van der Waals surface area contributed by atoms with Gasteiger partial charge in [0.05, 0.1) is 17.3 Å². The van der Waals surface area contributed by atoms with Gasteiger partial charge in [0.25, 0.3) is 0 Å². The fourth-order valence-corrected chi connectivity index (χ4v) is 2.46. The topological polar surface area (TPSA) is 49.8 Å². The number of nitrogens with two attached hydrogens (primary N) is 1. The van der Waals surface area contributed by atoms with Crippen LogP contribution < -0.4 is 5.73 Å². The molecule has 2 aromatic rings. The minimum atomic E-state index is -0.482. The van der Waals surface area contributed by atoms with Crippen LogP contribution in [0.2, 0.25) is 0 Å². The molecule has 2 nitrogen and oxygen atoms in total. The van der Waals surface area contributed by atoms with Gasteiger partial charge in [-0.15, -0.1) is 11.8 Å². The van der Waals surface area contributed by atoms with Crippen LogP contribution in [0, 0.1) is 23.0 Å². The van der Waals surface area contributed by atoms with Crippen molar-refractivity contribution in [2.24, 2.45) is 0 Å². The Bertz CT molecular complexity index is 650. The molecule has 96 valence electrons. The van der Waals surface area contributed by atoms with Gasteiger partial charge in [0.15, 0.2) is 0 Å². The first-order valence-corrected chi connectivity index (χ1v) is 6.45. The minimum Gasteiger partial charge on any atom is -0.396 e. The van der Waals surface area contributed by atoms with Crippen molar-refractivity contribution in [3.05, 3.63) is 59.2 Å². The highest BCUT2D eigenvalue weighted by molar-refractivity contribution is 7.98. The van der Waals surface area contributed by atoms with E-state index >= 15 is 0 Å². The Hall–Kier alpha value is -2.06. The van der Waals surface area contributed by atoms with Gasteiger partial charge in [-0.1, -0.05) is 0 Å². The second-order valence-corrected chi connectivity index (χ2v) is 4.93. The van der Waals surface area contributed by atoms with E-state index in [4.69, 9.17) is 11.0 Å². The molecule has 5 heteroatoms. The molecule has 19 heavy (non-hydrogen) atoms. The van der Waals surface area contributed by atoms with Crippen molar-refractivity contribution in [1.82, 2.24) is 0 Å². The molecular formula is C14H10F2N2S. The number of anilines is 1. The van der Waals surface area contributed by atoms with Gasteiger partial charge in [-0.05, 0) is 42.0 Å². The van der Waals surface area contributed by atoms with E-state index in [9.17, 15) is 8.78 Å². The Morgan fingerprint density at radius 3 is 2.63 bits per heavy atom. The first kappa shape index (κ1) is 13.4. The molecule has 0 aromatic heterocycles. The van der Waals surface area contributed by atoms with Crippen molar-refractivity contribution in [2.45, 2.75) is 10.6 Å². The third-order valence-corrected chi connectivity index (χ3v) is 3.60. The molecule has 0 aliphatic rings. The van der Waals surface area contributed by atoms with Crippen LogP contribution in [-0.4, -0.2) is 0 Å². The Morgan fingerprint density at radius 1 is 1.16 bits per heavy atom. The van der Waals surface area contributed by atoms with Gasteiger partial charge >= 0.3 is 0 Å². The predicted octanol–water partition coefficient (Wildman–Crippen LogP) is 3.71. The number of hydrogen-bond acceptors (Lipinski definition) is 3. The minimum absolute atomic E-state index is 0.0906. The predicted molar refractivity (Wildman–Crippen MR) is 71.5 cm³/mol. The summed E-state index contributed by atoms with van der Waals surface area (Å²) in [5.74, 6) is -0.480. The Kier molecular flexibility index (Phi) is 4.03. The van der Waals surface area contributed by atoms with Gasteiger partial charge in [0, 0.05) is 10.6 Å². The van der Waals surface area contributed by atoms with Gasteiger partial charge in [0.2, 0.25) is 0 Å². The molecule has 0 unspecified atom stereocenters. The fourth-order valence-electron chi connectivity index (χ4n) is 1.55. The summed E-state index contributed by atoms with van der Waals surface area (Å²) in [5.41, 5.74) is 6.48. The molecule has 0 heterocycles. The van der Waals surface area contributed by atoms with Crippen LogP contribution in [0.4, 0.5) is 14.5 Å². The highest BCUT2D eigenvalue weighted by Crippen LogP contribution is 2.26. The number of halogens is 2. The molecule has 0 bridgehead atoms. The molecule has 0 spiro atoms. The van der Waals surface area contributed by atoms with Crippen LogP contribution in [0.1, 0.15) is 11.1 Å². The highest BCUT2D eigenvalue weighted by atomic mass is 32.2. The van der Waals surface area contributed by atoms with E-state index < -0.39 is 11.6 Å². The molecule has 0 fully saturated rings.